The predicted octanol–water partition coefficient (Wildman–Crippen LogP) is 4.87. The number of imidazole rings is 1. The minimum Gasteiger partial charge on any atom is -0.341 e. The maximum Gasteiger partial charge on any atom is 0.191 e. The molecule has 2 aromatic heterocycles. The van der Waals surface area contributed by atoms with Gasteiger partial charge < -0.3 is 9.55 Å². The first-order chi connectivity index (χ1) is 12.1. The molecule has 0 amide bonds. The normalized spacial score (nSPS) is 12.6. The molecule has 4 rings (SSSR count). The lowest BCUT2D eigenvalue weighted by Crippen LogP contribution is -1.98. The fourth-order valence-electron chi connectivity index (χ4n) is 2.65. The fourth-order valence-corrected chi connectivity index (χ4v) is 3.64. The molecule has 2 aromatic carbocycles. The zero-order chi connectivity index (χ0) is 17.4. The molecule has 4 aromatic rings. The minimum absolute atomic E-state index is 0.133. The predicted molar refractivity (Wildman–Crippen MR) is 102 cm³/mol. The summed E-state index contributed by atoms with van der Waals surface area (Å²) < 4.78 is 1.99. The summed E-state index contributed by atoms with van der Waals surface area (Å²) in [5.74, 6) is 1.75. The number of benzene rings is 2. The van der Waals surface area contributed by atoms with E-state index in [0.717, 1.165) is 33.4 Å². The third-order valence-electron chi connectivity index (χ3n) is 4.01. The number of nitrogens with one attached hydrogen (secondary N) is 1. The summed E-state index contributed by atoms with van der Waals surface area (Å²) in [6, 6.07) is 15.6. The van der Waals surface area contributed by atoms with Gasteiger partial charge in [0, 0.05) is 17.6 Å². The highest BCUT2D eigenvalue weighted by molar-refractivity contribution is 7.99. The number of thioether (sulfide) groups is 1. The van der Waals surface area contributed by atoms with Gasteiger partial charge in [0.25, 0.3) is 0 Å². The maximum atomic E-state index is 5.96. The summed E-state index contributed by atoms with van der Waals surface area (Å²) >= 11 is 7.58. The number of aromatic nitrogens is 5. The van der Waals surface area contributed by atoms with Crippen molar-refractivity contribution in [3.8, 4) is 11.4 Å². The van der Waals surface area contributed by atoms with Crippen LogP contribution in [0.4, 0.5) is 0 Å². The number of H-pyrrole nitrogens is 1. The van der Waals surface area contributed by atoms with Crippen molar-refractivity contribution in [2.24, 2.45) is 7.05 Å². The number of rotatable bonds is 4. The molecule has 0 spiro atoms. The smallest absolute Gasteiger partial charge is 0.191 e. The standard InChI is InChI=1S/C18H16ClN5S/c1-11(16-20-14-5-3-4-6-15(14)21-16)25-18-23-22-17(24(18)2)12-7-9-13(19)10-8-12/h3-11H,1-2H3,(H,20,21)/t11-/m1/s1. The first-order valence-corrected chi connectivity index (χ1v) is 9.14. The number of nitrogens with zero attached hydrogens (tertiary/aromatic N) is 4. The number of halogens is 1. The maximum absolute atomic E-state index is 5.96. The van der Waals surface area contributed by atoms with Crippen molar-refractivity contribution < 1.29 is 0 Å². The van der Waals surface area contributed by atoms with E-state index in [2.05, 4.69) is 27.1 Å². The number of hydrogen-bond acceptors (Lipinski definition) is 4. The highest BCUT2D eigenvalue weighted by atomic mass is 35.5. The molecular formula is C18H16ClN5S. The first kappa shape index (κ1) is 16.2. The van der Waals surface area contributed by atoms with Gasteiger partial charge in [0.15, 0.2) is 11.0 Å². The number of fused-ring (bicyclic) bond motifs is 1. The highest BCUT2D eigenvalue weighted by Crippen LogP contribution is 2.34. The van der Waals surface area contributed by atoms with Crippen LogP contribution in [0.5, 0.6) is 0 Å². The zero-order valence-corrected chi connectivity index (χ0v) is 15.3. The molecule has 7 heteroatoms. The first-order valence-electron chi connectivity index (χ1n) is 7.88. The molecule has 0 unspecified atom stereocenters. The average molecular weight is 370 g/mol. The van der Waals surface area contributed by atoms with Crippen molar-refractivity contribution in [1.82, 2.24) is 24.7 Å². The van der Waals surface area contributed by atoms with Crippen molar-refractivity contribution in [3.05, 3.63) is 59.4 Å². The molecule has 1 atom stereocenters. The van der Waals surface area contributed by atoms with Crippen molar-refractivity contribution in [2.75, 3.05) is 0 Å². The molecule has 5 nitrogen and oxygen atoms in total. The minimum atomic E-state index is 0.133. The largest absolute Gasteiger partial charge is 0.341 e. The molecule has 0 bridgehead atoms. The second kappa shape index (κ2) is 6.54. The lowest BCUT2D eigenvalue weighted by Gasteiger charge is -2.08. The van der Waals surface area contributed by atoms with Crippen LogP contribution in [0, 0.1) is 0 Å². The molecule has 0 aliphatic heterocycles. The van der Waals surface area contributed by atoms with Crippen molar-refractivity contribution in [2.45, 2.75) is 17.3 Å². The van der Waals surface area contributed by atoms with Crippen LogP contribution in [0.3, 0.4) is 0 Å². The van der Waals surface area contributed by atoms with E-state index in [1.807, 2.05) is 60.1 Å². The van der Waals surface area contributed by atoms with Gasteiger partial charge in [-0.2, -0.15) is 0 Å². The Morgan fingerprint density at radius 3 is 2.60 bits per heavy atom. The average Bonchev–Trinajstić information content (AvgIpc) is 3.20. The van der Waals surface area contributed by atoms with Gasteiger partial charge in [0.2, 0.25) is 0 Å². The zero-order valence-electron chi connectivity index (χ0n) is 13.8. The van der Waals surface area contributed by atoms with Crippen LogP contribution >= 0.6 is 23.4 Å². The van der Waals surface area contributed by atoms with Gasteiger partial charge in [-0.3, -0.25) is 0 Å². The third kappa shape index (κ3) is 3.15. The van der Waals surface area contributed by atoms with Crippen molar-refractivity contribution in [3.63, 3.8) is 0 Å². The van der Waals surface area contributed by atoms with E-state index in [4.69, 9.17) is 11.6 Å². The molecule has 0 saturated heterocycles. The summed E-state index contributed by atoms with van der Waals surface area (Å²) in [6.45, 7) is 2.11. The van der Waals surface area contributed by atoms with Gasteiger partial charge in [0.05, 0.1) is 16.3 Å². The second-order valence-corrected chi connectivity index (χ2v) is 7.52. The van der Waals surface area contributed by atoms with Crippen molar-refractivity contribution >= 4 is 34.4 Å². The third-order valence-corrected chi connectivity index (χ3v) is 5.41. The number of hydrogen-bond donors (Lipinski definition) is 1. The molecule has 2 heterocycles. The topological polar surface area (TPSA) is 59.4 Å². The van der Waals surface area contributed by atoms with Crippen LogP contribution in [0.1, 0.15) is 18.0 Å². The van der Waals surface area contributed by atoms with Gasteiger partial charge >= 0.3 is 0 Å². The van der Waals surface area contributed by atoms with Crippen LogP contribution in [0.15, 0.2) is 53.7 Å². The lowest BCUT2D eigenvalue weighted by atomic mass is 10.2. The second-order valence-electron chi connectivity index (χ2n) is 5.77. The Morgan fingerprint density at radius 1 is 1.08 bits per heavy atom. The van der Waals surface area contributed by atoms with Crippen LogP contribution in [-0.2, 0) is 7.05 Å². The van der Waals surface area contributed by atoms with E-state index >= 15 is 0 Å². The molecular weight excluding hydrogens is 354 g/mol. The summed E-state index contributed by atoms with van der Waals surface area (Å²) in [7, 11) is 1.97. The molecule has 0 fully saturated rings. The van der Waals surface area contributed by atoms with Gasteiger partial charge in [-0.1, -0.05) is 35.5 Å². The number of para-hydroxylation sites is 2. The number of aromatic amines is 1. The summed E-state index contributed by atoms with van der Waals surface area (Å²) in [5.41, 5.74) is 3.01. The molecule has 0 saturated carbocycles. The lowest BCUT2D eigenvalue weighted by molar-refractivity contribution is 0.788. The Balaban J connectivity index is 1.59. The Hall–Kier alpha value is -2.31. The monoisotopic (exact) mass is 369 g/mol. The van der Waals surface area contributed by atoms with E-state index in [1.54, 1.807) is 11.8 Å². The summed E-state index contributed by atoms with van der Waals surface area (Å²) in [6.07, 6.45) is 0. The quantitative estimate of drug-likeness (QED) is 0.521. The van der Waals surface area contributed by atoms with Crippen LogP contribution < -0.4 is 0 Å². The molecule has 0 radical (unpaired) electrons. The van der Waals surface area contributed by atoms with E-state index in [9.17, 15) is 0 Å². The Bertz CT molecular complexity index is 989. The SMILES string of the molecule is C[C@@H](Sc1nnc(-c2ccc(Cl)cc2)n1C)c1nc2ccccc2[nH]1. The highest BCUT2D eigenvalue weighted by Gasteiger charge is 2.17. The van der Waals surface area contributed by atoms with E-state index in [1.165, 1.54) is 0 Å². The van der Waals surface area contributed by atoms with E-state index in [0.29, 0.717) is 5.02 Å². The van der Waals surface area contributed by atoms with Crippen LogP contribution in [0.25, 0.3) is 22.4 Å². The summed E-state index contributed by atoms with van der Waals surface area (Å²) in [5, 5.41) is 10.3. The Kier molecular flexibility index (Phi) is 4.23. The van der Waals surface area contributed by atoms with E-state index < -0.39 is 0 Å². The molecule has 126 valence electrons. The molecule has 25 heavy (non-hydrogen) atoms. The molecule has 1 N–H and O–H groups in total. The Morgan fingerprint density at radius 2 is 1.84 bits per heavy atom. The van der Waals surface area contributed by atoms with Crippen molar-refractivity contribution in [1.29, 1.82) is 0 Å². The van der Waals surface area contributed by atoms with Gasteiger partial charge in [0.1, 0.15) is 5.82 Å². The van der Waals surface area contributed by atoms with Crippen LogP contribution in [0.2, 0.25) is 5.02 Å². The van der Waals surface area contributed by atoms with Gasteiger partial charge in [-0.15, -0.1) is 10.2 Å². The molecule has 0 aliphatic carbocycles. The van der Waals surface area contributed by atoms with Gasteiger partial charge in [-0.05, 0) is 43.3 Å². The van der Waals surface area contributed by atoms with Gasteiger partial charge in [-0.25, -0.2) is 4.98 Å². The fraction of sp³-hybridized carbons (Fsp3) is 0.167. The molecule has 0 aliphatic rings. The van der Waals surface area contributed by atoms with E-state index in [-0.39, 0.29) is 5.25 Å². The van der Waals surface area contributed by atoms with Crippen LogP contribution in [-0.4, -0.2) is 24.7 Å². The Labute approximate surface area is 154 Å². The summed E-state index contributed by atoms with van der Waals surface area (Å²) in [4.78, 5) is 8.04.